The molecule has 0 unspecified atom stereocenters. The van der Waals surface area contributed by atoms with Crippen molar-refractivity contribution in [2.24, 2.45) is 13.0 Å². The molecule has 0 aromatic carbocycles. The van der Waals surface area contributed by atoms with Crippen LogP contribution in [0.25, 0.3) is 33.2 Å². The number of halogens is 1. The van der Waals surface area contributed by atoms with E-state index in [-0.39, 0.29) is 6.04 Å². The van der Waals surface area contributed by atoms with Crippen molar-refractivity contribution in [3.8, 4) is 11.3 Å². The van der Waals surface area contributed by atoms with Crippen LogP contribution >= 0.6 is 11.6 Å². The molecule has 0 amide bonds. The molecule has 1 atom stereocenters. The Hall–Kier alpha value is -2.71. The normalized spacial score (nSPS) is 16.2. The molecule has 0 aliphatic carbocycles. The van der Waals surface area contributed by atoms with Crippen LogP contribution in [-0.2, 0) is 11.8 Å². The monoisotopic (exact) mass is 453 g/mol. The number of aromatic nitrogens is 6. The highest BCUT2D eigenvalue weighted by molar-refractivity contribution is 6.36. The molecule has 5 rings (SSSR count). The van der Waals surface area contributed by atoms with Crippen LogP contribution in [0, 0.1) is 12.8 Å². The molecule has 8 nitrogen and oxygen atoms in total. The topological polar surface area (TPSA) is 73.9 Å². The lowest BCUT2D eigenvalue weighted by Crippen LogP contribution is -2.24. The fraction of sp³-hybridized carbons (Fsp3) is 0.478. The van der Waals surface area contributed by atoms with Crippen LogP contribution in [-0.4, -0.2) is 56.8 Å². The molecule has 0 spiro atoms. The number of pyridine rings is 2. The molecule has 5 heterocycles. The first-order valence-electron chi connectivity index (χ1n) is 11.0. The van der Waals surface area contributed by atoms with Crippen molar-refractivity contribution in [2.45, 2.75) is 32.7 Å². The van der Waals surface area contributed by atoms with Gasteiger partial charge in [0.25, 0.3) is 0 Å². The van der Waals surface area contributed by atoms with Crippen LogP contribution in [0.15, 0.2) is 18.5 Å². The van der Waals surface area contributed by atoms with Crippen molar-refractivity contribution >= 4 is 39.4 Å². The molecular weight excluding hydrogens is 426 g/mol. The molecule has 4 aromatic rings. The summed E-state index contributed by atoms with van der Waals surface area (Å²) in [7, 11) is 5.91. The Balaban J connectivity index is 1.84. The van der Waals surface area contributed by atoms with Gasteiger partial charge in [-0.1, -0.05) is 16.8 Å². The van der Waals surface area contributed by atoms with Gasteiger partial charge in [0.2, 0.25) is 0 Å². The molecular formula is C23H28ClN7O. The average Bonchev–Trinajstić information content (AvgIpc) is 3.31. The lowest BCUT2D eigenvalue weighted by Gasteiger charge is -2.30. The van der Waals surface area contributed by atoms with Crippen LogP contribution in [0.5, 0.6) is 0 Å². The summed E-state index contributed by atoms with van der Waals surface area (Å²) in [5.41, 5.74) is 5.78. The van der Waals surface area contributed by atoms with Crippen molar-refractivity contribution in [2.75, 3.05) is 32.2 Å². The number of rotatable bonds is 4. The van der Waals surface area contributed by atoms with Crippen molar-refractivity contribution in [3.63, 3.8) is 0 Å². The third-order valence-electron chi connectivity index (χ3n) is 6.64. The smallest absolute Gasteiger partial charge is 0.139 e. The maximum atomic E-state index is 6.80. The highest BCUT2D eigenvalue weighted by Crippen LogP contribution is 2.42. The Labute approximate surface area is 192 Å². The van der Waals surface area contributed by atoms with Crippen molar-refractivity contribution in [1.82, 2.24) is 29.5 Å². The van der Waals surface area contributed by atoms with Gasteiger partial charge in [-0.15, -0.1) is 5.10 Å². The summed E-state index contributed by atoms with van der Waals surface area (Å²) < 4.78 is 9.80. The lowest BCUT2D eigenvalue weighted by molar-refractivity contribution is 0.0525. The highest BCUT2D eigenvalue weighted by atomic mass is 35.5. The van der Waals surface area contributed by atoms with Gasteiger partial charge in [0.05, 0.1) is 44.5 Å². The maximum Gasteiger partial charge on any atom is 0.139 e. The molecule has 0 bridgehead atoms. The summed E-state index contributed by atoms with van der Waals surface area (Å²) >= 11 is 6.80. The lowest BCUT2D eigenvalue weighted by atomic mass is 9.92. The second-order valence-electron chi connectivity index (χ2n) is 8.85. The molecule has 0 N–H and O–H groups in total. The van der Waals surface area contributed by atoms with Gasteiger partial charge in [-0.2, -0.15) is 0 Å². The first-order valence-corrected chi connectivity index (χ1v) is 11.4. The summed E-state index contributed by atoms with van der Waals surface area (Å²) in [6, 6.07) is 2.43. The predicted octanol–water partition coefficient (Wildman–Crippen LogP) is 4.40. The van der Waals surface area contributed by atoms with Gasteiger partial charge in [0.1, 0.15) is 5.82 Å². The van der Waals surface area contributed by atoms with Gasteiger partial charge in [-0.25, -0.2) is 9.67 Å². The fourth-order valence-corrected chi connectivity index (χ4v) is 5.26. The van der Waals surface area contributed by atoms with Gasteiger partial charge in [0.15, 0.2) is 0 Å². The molecule has 0 radical (unpaired) electrons. The van der Waals surface area contributed by atoms with Crippen molar-refractivity contribution < 1.29 is 4.74 Å². The van der Waals surface area contributed by atoms with E-state index in [1.54, 1.807) is 10.9 Å². The maximum absolute atomic E-state index is 6.80. The molecule has 168 valence electrons. The van der Waals surface area contributed by atoms with Gasteiger partial charge >= 0.3 is 0 Å². The molecule has 1 fully saturated rings. The van der Waals surface area contributed by atoms with E-state index in [0.29, 0.717) is 10.9 Å². The zero-order chi connectivity index (χ0) is 22.6. The molecule has 1 saturated heterocycles. The number of anilines is 1. The number of hydrogen-bond donors (Lipinski definition) is 0. The number of aryl methyl sites for hydroxylation is 2. The van der Waals surface area contributed by atoms with E-state index in [4.69, 9.17) is 21.3 Å². The Morgan fingerprint density at radius 1 is 1.19 bits per heavy atom. The van der Waals surface area contributed by atoms with E-state index in [1.807, 2.05) is 39.2 Å². The van der Waals surface area contributed by atoms with Crippen LogP contribution in [0.3, 0.4) is 0 Å². The van der Waals surface area contributed by atoms with Gasteiger partial charge in [-0.3, -0.25) is 4.98 Å². The fourth-order valence-electron chi connectivity index (χ4n) is 5.03. The minimum atomic E-state index is 0.233. The van der Waals surface area contributed by atoms with Crippen LogP contribution in [0.4, 0.5) is 5.82 Å². The molecule has 32 heavy (non-hydrogen) atoms. The van der Waals surface area contributed by atoms with E-state index in [1.165, 1.54) is 0 Å². The van der Waals surface area contributed by atoms with Gasteiger partial charge < -0.3 is 14.2 Å². The van der Waals surface area contributed by atoms with Crippen molar-refractivity contribution in [1.29, 1.82) is 0 Å². The number of nitrogens with zero attached hydrogens (tertiary/aromatic N) is 7. The SMILES string of the molecule is Cc1nnn(C)c1-c1cnc2c3c(N(C)C)ncc(Cl)c3n([C@H](C)C3CCOCC3)c2c1. The molecule has 0 saturated carbocycles. The highest BCUT2D eigenvalue weighted by Gasteiger charge is 2.28. The van der Waals surface area contributed by atoms with E-state index in [9.17, 15) is 0 Å². The summed E-state index contributed by atoms with van der Waals surface area (Å²) in [5, 5.41) is 10.0. The Bertz CT molecular complexity index is 1280. The molecule has 1 aliphatic heterocycles. The predicted molar refractivity (Wildman–Crippen MR) is 127 cm³/mol. The Kier molecular flexibility index (Phi) is 5.29. The standard InChI is InChI=1S/C23H28ClN7O/c1-13-21(30(5)28-27-13)16-10-18-20(25-11-16)19-22(17(24)12-26-23(19)29(3)4)31(18)14(2)15-6-8-32-9-7-15/h10-12,14-15H,6-9H2,1-5H3/t14-/m1/s1. The zero-order valence-corrected chi connectivity index (χ0v) is 19.9. The Morgan fingerprint density at radius 3 is 2.59 bits per heavy atom. The first kappa shape index (κ1) is 21.2. The molecule has 9 heteroatoms. The van der Waals surface area contributed by atoms with Gasteiger partial charge in [-0.05, 0) is 38.7 Å². The number of ether oxygens (including phenoxy) is 1. The van der Waals surface area contributed by atoms with E-state index < -0.39 is 0 Å². The van der Waals surface area contributed by atoms with Crippen molar-refractivity contribution in [3.05, 3.63) is 29.2 Å². The number of fused-ring (bicyclic) bond motifs is 3. The minimum Gasteiger partial charge on any atom is -0.381 e. The largest absolute Gasteiger partial charge is 0.381 e. The van der Waals surface area contributed by atoms with E-state index in [2.05, 4.69) is 32.9 Å². The summed E-state index contributed by atoms with van der Waals surface area (Å²) in [6.45, 7) is 5.85. The second-order valence-corrected chi connectivity index (χ2v) is 9.25. The summed E-state index contributed by atoms with van der Waals surface area (Å²) in [6.07, 6.45) is 5.71. The van der Waals surface area contributed by atoms with Gasteiger partial charge in [0, 0.05) is 52.2 Å². The zero-order valence-electron chi connectivity index (χ0n) is 19.1. The van der Waals surface area contributed by atoms with Crippen LogP contribution in [0.2, 0.25) is 5.02 Å². The summed E-state index contributed by atoms with van der Waals surface area (Å²) in [4.78, 5) is 11.6. The van der Waals surface area contributed by atoms with E-state index in [0.717, 1.165) is 70.8 Å². The minimum absolute atomic E-state index is 0.233. The average molecular weight is 454 g/mol. The summed E-state index contributed by atoms with van der Waals surface area (Å²) in [5.74, 6) is 1.37. The van der Waals surface area contributed by atoms with Crippen LogP contribution in [0.1, 0.15) is 31.5 Å². The first-order chi connectivity index (χ1) is 15.4. The van der Waals surface area contributed by atoms with Crippen LogP contribution < -0.4 is 4.90 Å². The quantitative estimate of drug-likeness (QED) is 0.456. The Morgan fingerprint density at radius 2 is 1.94 bits per heavy atom. The number of hydrogen-bond acceptors (Lipinski definition) is 6. The van der Waals surface area contributed by atoms with E-state index >= 15 is 0 Å². The second kappa shape index (κ2) is 8.01. The molecule has 4 aromatic heterocycles. The third kappa shape index (κ3) is 3.24. The molecule has 1 aliphatic rings. The third-order valence-corrected chi connectivity index (χ3v) is 6.92.